The second kappa shape index (κ2) is 6.04. The van der Waals surface area contributed by atoms with Crippen molar-refractivity contribution in [2.24, 2.45) is 14.1 Å². The van der Waals surface area contributed by atoms with Gasteiger partial charge in [0.25, 0.3) is 5.91 Å². The summed E-state index contributed by atoms with van der Waals surface area (Å²) >= 11 is 0. The maximum absolute atomic E-state index is 12.6. The second-order valence-electron chi connectivity index (χ2n) is 6.75. The Hall–Kier alpha value is -2.60. The molecule has 3 heterocycles. The number of hydrogen-bond donors (Lipinski definition) is 2. The Morgan fingerprint density at radius 3 is 2.92 bits per heavy atom. The lowest BCUT2D eigenvalue weighted by atomic mass is 10.1. The van der Waals surface area contributed by atoms with E-state index >= 15 is 0 Å². The van der Waals surface area contributed by atoms with Gasteiger partial charge in [-0.3, -0.25) is 4.79 Å². The van der Waals surface area contributed by atoms with Crippen molar-refractivity contribution < 1.29 is 4.79 Å². The van der Waals surface area contributed by atoms with E-state index in [1.54, 1.807) is 0 Å². The molecule has 2 N–H and O–H groups in total. The Labute approximate surface area is 146 Å². The van der Waals surface area contributed by atoms with Crippen molar-refractivity contribution >= 4 is 16.9 Å². The minimum Gasteiger partial charge on any atom is -0.344 e. The van der Waals surface area contributed by atoms with Crippen LogP contribution >= 0.6 is 0 Å². The maximum Gasteiger partial charge on any atom is 0.268 e. The van der Waals surface area contributed by atoms with Crippen LogP contribution in [0.25, 0.3) is 11.0 Å². The van der Waals surface area contributed by atoms with Crippen LogP contribution in [0.15, 0.2) is 24.3 Å². The van der Waals surface area contributed by atoms with Gasteiger partial charge in [0.05, 0.1) is 17.6 Å². The smallest absolute Gasteiger partial charge is 0.268 e. The largest absolute Gasteiger partial charge is 0.344 e. The van der Waals surface area contributed by atoms with Crippen LogP contribution in [-0.4, -0.2) is 26.6 Å². The molecule has 0 radical (unpaired) electrons. The molecule has 25 heavy (non-hydrogen) atoms. The van der Waals surface area contributed by atoms with E-state index in [-0.39, 0.29) is 5.91 Å². The Bertz CT molecular complexity index is 966. The second-order valence-corrected chi connectivity index (χ2v) is 6.75. The van der Waals surface area contributed by atoms with E-state index < -0.39 is 0 Å². The first kappa shape index (κ1) is 15.9. The van der Waals surface area contributed by atoms with Crippen molar-refractivity contribution in [3.05, 3.63) is 52.6 Å². The molecular formula is C19H23N5O. The molecule has 130 valence electrons. The average Bonchev–Trinajstić information content (AvgIpc) is 3.10. The predicted octanol–water partition coefficient (Wildman–Crippen LogP) is 1.80. The number of fused-ring (bicyclic) bond motifs is 2. The Morgan fingerprint density at radius 1 is 1.28 bits per heavy atom. The van der Waals surface area contributed by atoms with Gasteiger partial charge in [-0.2, -0.15) is 0 Å². The number of benzene rings is 1. The fraction of sp³-hybridized carbons (Fsp3) is 0.368. The summed E-state index contributed by atoms with van der Waals surface area (Å²) in [6.07, 6.45) is 0.962. The van der Waals surface area contributed by atoms with E-state index in [4.69, 9.17) is 0 Å². The Balaban J connectivity index is 1.54. The van der Waals surface area contributed by atoms with E-state index in [9.17, 15) is 4.79 Å². The van der Waals surface area contributed by atoms with Gasteiger partial charge in [0.2, 0.25) is 0 Å². The molecule has 1 amide bonds. The average molecular weight is 337 g/mol. The highest BCUT2D eigenvalue weighted by atomic mass is 16.1. The molecule has 0 unspecified atom stereocenters. The SMILES string of the molecule is Cc1ccc2c(c1)nc(CNC(=O)c1cc3c(n1C)CCNC3)n2C. The third kappa shape index (κ3) is 2.72. The van der Waals surface area contributed by atoms with Gasteiger partial charge in [0.1, 0.15) is 11.5 Å². The van der Waals surface area contributed by atoms with Crippen LogP contribution in [0.4, 0.5) is 0 Å². The van der Waals surface area contributed by atoms with Gasteiger partial charge in [-0.25, -0.2) is 4.98 Å². The minimum atomic E-state index is -0.0554. The summed E-state index contributed by atoms with van der Waals surface area (Å²) < 4.78 is 4.05. The van der Waals surface area contributed by atoms with Gasteiger partial charge in [-0.15, -0.1) is 0 Å². The summed E-state index contributed by atoms with van der Waals surface area (Å²) in [5, 5.41) is 6.36. The van der Waals surface area contributed by atoms with E-state index in [2.05, 4.69) is 40.7 Å². The van der Waals surface area contributed by atoms with Gasteiger partial charge in [-0.1, -0.05) is 6.07 Å². The molecule has 6 heteroatoms. The molecule has 1 aliphatic rings. The quantitative estimate of drug-likeness (QED) is 0.766. The van der Waals surface area contributed by atoms with Gasteiger partial charge < -0.3 is 19.8 Å². The monoisotopic (exact) mass is 337 g/mol. The van der Waals surface area contributed by atoms with E-state index in [1.807, 2.05) is 29.3 Å². The summed E-state index contributed by atoms with van der Waals surface area (Å²) in [7, 11) is 3.95. The fourth-order valence-electron chi connectivity index (χ4n) is 3.60. The molecule has 0 bridgehead atoms. The first-order valence-electron chi connectivity index (χ1n) is 8.63. The topological polar surface area (TPSA) is 63.9 Å². The number of amides is 1. The number of carbonyl (C=O) groups is 1. The third-order valence-electron chi connectivity index (χ3n) is 5.07. The van der Waals surface area contributed by atoms with Crippen molar-refractivity contribution in [3.63, 3.8) is 0 Å². The molecule has 0 spiro atoms. The van der Waals surface area contributed by atoms with Gasteiger partial charge in [0, 0.05) is 39.3 Å². The molecule has 6 nitrogen and oxygen atoms in total. The molecule has 0 saturated heterocycles. The Kier molecular flexibility index (Phi) is 3.84. The highest BCUT2D eigenvalue weighted by Crippen LogP contribution is 2.19. The summed E-state index contributed by atoms with van der Waals surface area (Å²) in [6, 6.07) is 8.21. The van der Waals surface area contributed by atoms with Gasteiger partial charge >= 0.3 is 0 Å². The van der Waals surface area contributed by atoms with Crippen LogP contribution in [0, 0.1) is 6.92 Å². The van der Waals surface area contributed by atoms with Crippen molar-refractivity contribution in [2.45, 2.75) is 26.4 Å². The van der Waals surface area contributed by atoms with Crippen molar-refractivity contribution in [3.8, 4) is 0 Å². The lowest BCUT2D eigenvalue weighted by molar-refractivity contribution is 0.0941. The summed E-state index contributed by atoms with van der Waals surface area (Å²) in [6.45, 7) is 4.27. The molecule has 0 atom stereocenters. The number of aryl methyl sites for hydroxylation is 2. The highest BCUT2D eigenvalue weighted by Gasteiger charge is 2.20. The molecule has 0 saturated carbocycles. The van der Waals surface area contributed by atoms with E-state index in [0.717, 1.165) is 36.4 Å². The summed E-state index contributed by atoms with van der Waals surface area (Å²) in [5.74, 6) is 0.801. The standard InChI is InChI=1S/C19H23N5O/c1-12-4-5-16-14(8-12)22-18(24(16)3)11-21-19(25)17-9-13-10-20-7-6-15(13)23(17)2/h4-5,8-9,20H,6-7,10-11H2,1-3H3,(H,21,25). The minimum absolute atomic E-state index is 0.0554. The number of hydrogen-bond acceptors (Lipinski definition) is 3. The summed E-state index contributed by atoms with van der Waals surface area (Å²) in [4.78, 5) is 17.3. The number of rotatable bonds is 3. The Morgan fingerprint density at radius 2 is 2.12 bits per heavy atom. The fourth-order valence-corrected chi connectivity index (χ4v) is 3.60. The third-order valence-corrected chi connectivity index (χ3v) is 5.07. The first-order chi connectivity index (χ1) is 12.0. The lowest BCUT2D eigenvalue weighted by Gasteiger charge is -2.14. The van der Waals surface area contributed by atoms with Crippen LogP contribution in [-0.2, 0) is 33.6 Å². The van der Waals surface area contributed by atoms with Crippen LogP contribution in [0.5, 0.6) is 0 Å². The van der Waals surface area contributed by atoms with Crippen molar-refractivity contribution in [1.82, 2.24) is 24.8 Å². The summed E-state index contributed by atoms with van der Waals surface area (Å²) in [5.41, 5.74) is 6.41. The van der Waals surface area contributed by atoms with E-state index in [0.29, 0.717) is 12.2 Å². The van der Waals surface area contributed by atoms with Crippen molar-refractivity contribution in [1.29, 1.82) is 0 Å². The van der Waals surface area contributed by atoms with Gasteiger partial charge in [-0.05, 0) is 36.2 Å². The van der Waals surface area contributed by atoms with Crippen molar-refractivity contribution in [2.75, 3.05) is 6.54 Å². The number of imidazole rings is 1. The highest BCUT2D eigenvalue weighted by molar-refractivity contribution is 5.93. The molecule has 3 aromatic rings. The molecular weight excluding hydrogens is 314 g/mol. The lowest BCUT2D eigenvalue weighted by Crippen LogP contribution is -2.27. The van der Waals surface area contributed by atoms with Crippen LogP contribution < -0.4 is 10.6 Å². The number of aromatic nitrogens is 3. The predicted molar refractivity (Wildman–Crippen MR) is 97.4 cm³/mol. The van der Waals surface area contributed by atoms with Crippen LogP contribution in [0.2, 0.25) is 0 Å². The number of nitrogens with one attached hydrogen (secondary N) is 2. The van der Waals surface area contributed by atoms with Crippen LogP contribution in [0.3, 0.4) is 0 Å². The molecule has 1 aromatic carbocycles. The molecule has 0 aliphatic carbocycles. The number of nitrogens with zero attached hydrogens (tertiary/aromatic N) is 3. The molecule has 4 rings (SSSR count). The van der Waals surface area contributed by atoms with Gasteiger partial charge in [0.15, 0.2) is 0 Å². The molecule has 0 fully saturated rings. The first-order valence-corrected chi connectivity index (χ1v) is 8.63. The van der Waals surface area contributed by atoms with Crippen LogP contribution in [0.1, 0.15) is 33.1 Å². The van der Waals surface area contributed by atoms with E-state index in [1.165, 1.54) is 16.8 Å². The maximum atomic E-state index is 12.6. The zero-order valence-corrected chi connectivity index (χ0v) is 14.9. The zero-order valence-electron chi connectivity index (χ0n) is 14.9. The zero-order chi connectivity index (χ0) is 17.6. The molecule has 2 aromatic heterocycles. The number of carbonyl (C=O) groups excluding carboxylic acids is 1. The normalized spacial score (nSPS) is 13.9. The molecule has 1 aliphatic heterocycles.